The molecular formula is C21H19IO. The van der Waals surface area contributed by atoms with Crippen LogP contribution >= 0.6 is 22.6 Å². The van der Waals surface area contributed by atoms with Crippen molar-refractivity contribution in [3.05, 3.63) is 99.1 Å². The normalized spacial score (nSPS) is 11.9. The molecule has 0 saturated carbocycles. The highest BCUT2D eigenvalue weighted by atomic mass is 127. The molecule has 1 atom stereocenters. The van der Waals surface area contributed by atoms with E-state index in [1.54, 1.807) is 7.11 Å². The average Bonchev–Trinajstić information content (AvgIpc) is 2.61. The minimum atomic E-state index is 0.345. The highest BCUT2D eigenvalue weighted by molar-refractivity contribution is 14.1. The molecule has 2 heteroatoms. The lowest BCUT2D eigenvalue weighted by Gasteiger charge is -2.19. The molecule has 0 aromatic heterocycles. The van der Waals surface area contributed by atoms with Gasteiger partial charge in [-0.3, -0.25) is 0 Å². The lowest BCUT2D eigenvalue weighted by Crippen LogP contribution is -2.06. The summed E-state index contributed by atoms with van der Waals surface area (Å²) in [5, 5.41) is 0. The van der Waals surface area contributed by atoms with Gasteiger partial charge < -0.3 is 4.74 Å². The molecule has 0 fully saturated rings. The van der Waals surface area contributed by atoms with Gasteiger partial charge in [-0.1, -0.05) is 66.7 Å². The van der Waals surface area contributed by atoms with E-state index in [9.17, 15) is 0 Å². The van der Waals surface area contributed by atoms with Crippen molar-refractivity contribution in [2.24, 2.45) is 0 Å². The largest absolute Gasteiger partial charge is 0.496 e. The van der Waals surface area contributed by atoms with Gasteiger partial charge in [0.25, 0.3) is 0 Å². The molecule has 0 aliphatic carbocycles. The zero-order valence-electron chi connectivity index (χ0n) is 13.1. The van der Waals surface area contributed by atoms with Gasteiger partial charge in [-0.2, -0.15) is 0 Å². The van der Waals surface area contributed by atoms with Crippen LogP contribution in [0.5, 0.6) is 5.75 Å². The molecule has 23 heavy (non-hydrogen) atoms. The topological polar surface area (TPSA) is 9.23 Å². The van der Waals surface area contributed by atoms with Crippen LogP contribution in [0, 0.1) is 3.57 Å². The minimum absolute atomic E-state index is 0.345. The molecule has 0 aliphatic rings. The number of hydrogen-bond donors (Lipinski definition) is 0. The Morgan fingerprint density at radius 1 is 0.826 bits per heavy atom. The summed E-state index contributed by atoms with van der Waals surface area (Å²) in [5.74, 6) is 1.28. The third kappa shape index (κ3) is 3.94. The van der Waals surface area contributed by atoms with Crippen LogP contribution in [0.4, 0.5) is 0 Å². The van der Waals surface area contributed by atoms with Crippen molar-refractivity contribution in [3.63, 3.8) is 0 Å². The van der Waals surface area contributed by atoms with E-state index in [0.717, 1.165) is 15.7 Å². The van der Waals surface area contributed by atoms with Crippen LogP contribution in [-0.4, -0.2) is 7.11 Å². The Kier molecular flexibility index (Phi) is 5.34. The second-order valence-corrected chi connectivity index (χ2v) is 6.71. The Labute approximate surface area is 151 Å². The first-order valence-electron chi connectivity index (χ1n) is 7.70. The van der Waals surface area contributed by atoms with Crippen LogP contribution in [-0.2, 0) is 6.42 Å². The molecule has 0 spiro atoms. The molecule has 0 saturated heterocycles. The first kappa shape index (κ1) is 16.1. The van der Waals surface area contributed by atoms with E-state index in [0.29, 0.717) is 5.92 Å². The number of rotatable bonds is 5. The molecule has 116 valence electrons. The number of halogens is 1. The van der Waals surface area contributed by atoms with Gasteiger partial charge in [0.15, 0.2) is 0 Å². The van der Waals surface area contributed by atoms with Crippen LogP contribution in [0.2, 0.25) is 0 Å². The number of methoxy groups -OCH3 is 1. The van der Waals surface area contributed by atoms with E-state index in [1.807, 2.05) is 0 Å². The van der Waals surface area contributed by atoms with Gasteiger partial charge >= 0.3 is 0 Å². The molecule has 1 unspecified atom stereocenters. The molecule has 3 aromatic rings. The van der Waals surface area contributed by atoms with Crippen LogP contribution in [0.25, 0.3) is 0 Å². The summed E-state index contributed by atoms with van der Waals surface area (Å²) in [4.78, 5) is 0. The lowest BCUT2D eigenvalue weighted by atomic mass is 9.86. The monoisotopic (exact) mass is 414 g/mol. The van der Waals surface area contributed by atoms with Crippen molar-refractivity contribution in [2.75, 3.05) is 7.11 Å². The van der Waals surface area contributed by atoms with E-state index in [2.05, 4.69) is 101 Å². The summed E-state index contributed by atoms with van der Waals surface area (Å²) in [7, 11) is 1.72. The summed E-state index contributed by atoms with van der Waals surface area (Å²) < 4.78 is 6.55. The minimum Gasteiger partial charge on any atom is -0.496 e. The maximum Gasteiger partial charge on any atom is 0.132 e. The number of hydrogen-bond acceptors (Lipinski definition) is 1. The highest BCUT2D eigenvalue weighted by Crippen LogP contribution is 2.32. The van der Waals surface area contributed by atoms with Crippen molar-refractivity contribution < 1.29 is 4.74 Å². The van der Waals surface area contributed by atoms with Gasteiger partial charge in [0.2, 0.25) is 0 Å². The Morgan fingerprint density at radius 3 is 2.09 bits per heavy atom. The Bertz CT molecular complexity index is 753. The van der Waals surface area contributed by atoms with Crippen molar-refractivity contribution in [3.8, 4) is 5.75 Å². The van der Waals surface area contributed by atoms with E-state index >= 15 is 0 Å². The molecule has 1 nitrogen and oxygen atoms in total. The predicted octanol–water partition coefficient (Wildman–Crippen LogP) is 5.67. The molecule has 0 amide bonds. The van der Waals surface area contributed by atoms with Crippen molar-refractivity contribution in [1.29, 1.82) is 0 Å². The van der Waals surface area contributed by atoms with E-state index in [1.165, 1.54) is 16.7 Å². The fourth-order valence-corrected chi connectivity index (χ4v) is 3.62. The summed E-state index contributed by atoms with van der Waals surface area (Å²) >= 11 is 2.34. The van der Waals surface area contributed by atoms with Gasteiger partial charge in [0.05, 0.1) is 10.7 Å². The third-order valence-electron chi connectivity index (χ3n) is 4.06. The molecule has 0 aliphatic heterocycles. The maximum atomic E-state index is 5.40. The second-order valence-electron chi connectivity index (χ2n) is 5.55. The van der Waals surface area contributed by atoms with Crippen LogP contribution in [0.1, 0.15) is 22.6 Å². The first-order chi connectivity index (χ1) is 11.3. The van der Waals surface area contributed by atoms with E-state index < -0.39 is 0 Å². The zero-order valence-corrected chi connectivity index (χ0v) is 15.2. The van der Waals surface area contributed by atoms with Gasteiger partial charge in [-0.15, -0.1) is 0 Å². The fraction of sp³-hybridized carbons (Fsp3) is 0.143. The quantitative estimate of drug-likeness (QED) is 0.489. The van der Waals surface area contributed by atoms with Gasteiger partial charge in [0, 0.05) is 5.92 Å². The molecule has 3 rings (SSSR count). The predicted molar refractivity (Wildman–Crippen MR) is 104 cm³/mol. The van der Waals surface area contributed by atoms with Crippen molar-refractivity contribution in [2.45, 2.75) is 12.3 Å². The molecule has 0 heterocycles. The SMILES string of the molecule is COc1ccc(C(Cc2ccccc2)c2ccccc2)cc1I. The van der Waals surface area contributed by atoms with Gasteiger partial charge in [0.1, 0.15) is 5.75 Å². The highest BCUT2D eigenvalue weighted by Gasteiger charge is 2.16. The van der Waals surface area contributed by atoms with E-state index in [-0.39, 0.29) is 0 Å². The van der Waals surface area contributed by atoms with Gasteiger partial charge in [-0.25, -0.2) is 0 Å². The van der Waals surface area contributed by atoms with Gasteiger partial charge in [-0.05, 0) is 57.8 Å². The summed E-state index contributed by atoms with van der Waals surface area (Å²) in [6.07, 6.45) is 0.993. The van der Waals surface area contributed by atoms with Crippen LogP contribution in [0.3, 0.4) is 0 Å². The summed E-state index contributed by atoms with van der Waals surface area (Å²) in [6, 6.07) is 27.9. The molecule has 0 radical (unpaired) electrons. The summed E-state index contributed by atoms with van der Waals surface area (Å²) in [5.41, 5.74) is 4.02. The third-order valence-corrected chi connectivity index (χ3v) is 4.91. The summed E-state index contributed by atoms with van der Waals surface area (Å²) in [6.45, 7) is 0. The smallest absolute Gasteiger partial charge is 0.132 e. The maximum absolute atomic E-state index is 5.40. The number of ether oxygens (including phenoxy) is 1. The second kappa shape index (κ2) is 7.64. The Morgan fingerprint density at radius 2 is 1.48 bits per heavy atom. The van der Waals surface area contributed by atoms with Crippen molar-refractivity contribution >= 4 is 22.6 Å². The average molecular weight is 414 g/mol. The molecule has 3 aromatic carbocycles. The fourth-order valence-electron chi connectivity index (χ4n) is 2.86. The number of benzene rings is 3. The lowest BCUT2D eigenvalue weighted by molar-refractivity contribution is 0.411. The van der Waals surface area contributed by atoms with E-state index in [4.69, 9.17) is 4.74 Å². The van der Waals surface area contributed by atoms with Crippen LogP contribution in [0.15, 0.2) is 78.9 Å². The Hall–Kier alpha value is -1.81. The first-order valence-corrected chi connectivity index (χ1v) is 8.78. The van der Waals surface area contributed by atoms with Crippen molar-refractivity contribution in [1.82, 2.24) is 0 Å². The molecular weight excluding hydrogens is 395 g/mol. The molecule has 0 bridgehead atoms. The Balaban J connectivity index is 2.00. The standard InChI is InChI=1S/C21H19IO/c1-23-21-13-12-18(15-20(21)22)19(17-10-6-3-7-11-17)14-16-8-4-2-5-9-16/h2-13,15,19H,14H2,1H3. The molecule has 0 N–H and O–H groups in total. The van der Waals surface area contributed by atoms with Crippen LogP contribution < -0.4 is 4.74 Å². The zero-order chi connectivity index (χ0) is 16.1.